The van der Waals surface area contributed by atoms with Gasteiger partial charge >= 0.3 is 5.97 Å². The van der Waals surface area contributed by atoms with Crippen molar-refractivity contribution in [3.05, 3.63) is 28.5 Å². The van der Waals surface area contributed by atoms with Crippen molar-refractivity contribution in [3.8, 4) is 0 Å². The fourth-order valence-corrected chi connectivity index (χ4v) is 4.37. The molecular formula is C18H21N5O3S. The molecule has 0 aliphatic carbocycles. The molecule has 1 saturated heterocycles. The Labute approximate surface area is 160 Å². The molecule has 27 heavy (non-hydrogen) atoms. The first-order valence-corrected chi connectivity index (χ1v) is 9.76. The first kappa shape index (κ1) is 17.8. The smallest absolute Gasteiger partial charge is 0.309 e. The highest BCUT2D eigenvalue weighted by Crippen LogP contribution is 2.35. The number of carbonyl (C=O) groups is 1. The number of aryl methyl sites for hydroxylation is 3. The number of hydrogen-bond donors (Lipinski definition) is 0. The molecular weight excluding hydrogens is 366 g/mol. The van der Waals surface area contributed by atoms with E-state index in [4.69, 9.17) is 9.15 Å². The molecule has 1 aliphatic heterocycles. The van der Waals surface area contributed by atoms with Crippen molar-refractivity contribution in [3.63, 3.8) is 0 Å². The van der Waals surface area contributed by atoms with Gasteiger partial charge in [0.15, 0.2) is 6.61 Å². The molecule has 0 bridgehead atoms. The van der Waals surface area contributed by atoms with Gasteiger partial charge in [0.05, 0.1) is 11.3 Å². The number of thiophene rings is 1. The summed E-state index contributed by atoms with van der Waals surface area (Å²) in [6.07, 6.45) is 3.09. The zero-order valence-electron chi connectivity index (χ0n) is 15.6. The van der Waals surface area contributed by atoms with Crippen LogP contribution in [0.25, 0.3) is 10.2 Å². The summed E-state index contributed by atoms with van der Waals surface area (Å²) < 4.78 is 10.6. The van der Waals surface area contributed by atoms with E-state index in [9.17, 15) is 4.79 Å². The largest absolute Gasteiger partial charge is 0.455 e. The lowest BCUT2D eigenvalue weighted by Crippen LogP contribution is -2.37. The van der Waals surface area contributed by atoms with Crippen LogP contribution in [0.3, 0.4) is 0 Å². The second kappa shape index (κ2) is 7.22. The molecule has 0 amide bonds. The van der Waals surface area contributed by atoms with Crippen LogP contribution in [0.2, 0.25) is 0 Å². The van der Waals surface area contributed by atoms with Crippen molar-refractivity contribution in [2.75, 3.05) is 18.0 Å². The molecule has 0 atom stereocenters. The van der Waals surface area contributed by atoms with Crippen LogP contribution < -0.4 is 4.90 Å². The van der Waals surface area contributed by atoms with Crippen LogP contribution >= 0.6 is 11.3 Å². The summed E-state index contributed by atoms with van der Waals surface area (Å²) in [7, 11) is 0. The van der Waals surface area contributed by atoms with Gasteiger partial charge < -0.3 is 14.1 Å². The lowest BCUT2D eigenvalue weighted by molar-refractivity contribution is -0.151. The number of aromatic nitrogens is 4. The molecule has 0 saturated carbocycles. The topological polar surface area (TPSA) is 94.2 Å². The number of hydrogen-bond acceptors (Lipinski definition) is 9. The van der Waals surface area contributed by atoms with Gasteiger partial charge in [0.2, 0.25) is 5.89 Å². The fraction of sp³-hybridized carbons (Fsp3) is 0.500. The van der Waals surface area contributed by atoms with Crippen LogP contribution in [0.4, 0.5) is 5.82 Å². The molecule has 3 aromatic heterocycles. The maximum Gasteiger partial charge on any atom is 0.309 e. The zero-order valence-corrected chi connectivity index (χ0v) is 16.4. The van der Waals surface area contributed by atoms with Gasteiger partial charge in [-0.25, -0.2) is 9.97 Å². The third kappa shape index (κ3) is 3.51. The van der Waals surface area contributed by atoms with Crippen LogP contribution in [0.1, 0.15) is 35.1 Å². The molecule has 0 unspecified atom stereocenters. The van der Waals surface area contributed by atoms with Gasteiger partial charge in [-0.1, -0.05) is 0 Å². The molecule has 0 N–H and O–H groups in total. The third-order valence-corrected chi connectivity index (χ3v) is 6.09. The zero-order chi connectivity index (χ0) is 19.0. The van der Waals surface area contributed by atoms with Crippen LogP contribution in [0, 0.1) is 26.7 Å². The summed E-state index contributed by atoms with van der Waals surface area (Å²) in [5.41, 5.74) is 1.24. The van der Waals surface area contributed by atoms with E-state index in [0.717, 1.165) is 42.0 Å². The summed E-state index contributed by atoms with van der Waals surface area (Å²) >= 11 is 1.70. The van der Waals surface area contributed by atoms with Gasteiger partial charge in [0.25, 0.3) is 5.89 Å². The molecule has 8 nitrogen and oxygen atoms in total. The van der Waals surface area contributed by atoms with Crippen molar-refractivity contribution >= 4 is 33.3 Å². The third-order valence-electron chi connectivity index (χ3n) is 4.98. The SMILES string of the molecule is Cc1nnc(COC(=O)C2CCN(c3ncnc4sc(C)c(C)c34)CC2)o1. The van der Waals surface area contributed by atoms with E-state index in [1.807, 2.05) is 0 Å². The van der Waals surface area contributed by atoms with Crippen molar-refractivity contribution in [1.82, 2.24) is 20.2 Å². The average Bonchev–Trinajstić information content (AvgIpc) is 3.22. The molecule has 9 heteroatoms. The number of piperidine rings is 1. The van der Waals surface area contributed by atoms with Crippen molar-refractivity contribution in [1.29, 1.82) is 0 Å². The molecule has 4 rings (SSSR count). The number of nitrogens with zero attached hydrogens (tertiary/aromatic N) is 5. The van der Waals surface area contributed by atoms with E-state index in [-0.39, 0.29) is 18.5 Å². The van der Waals surface area contributed by atoms with Gasteiger partial charge in [-0.05, 0) is 32.3 Å². The number of fused-ring (bicyclic) bond motifs is 1. The van der Waals surface area contributed by atoms with Crippen LogP contribution in [0.5, 0.6) is 0 Å². The first-order valence-electron chi connectivity index (χ1n) is 8.94. The van der Waals surface area contributed by atoms with Gasteiger partial charge in [-0.3, -0.25) is 4.79 Å². The molecule has 4 heterocycles. The highest BCUT2D eigenvalue weighted by molar-refractivity contribution is 7.18. The Morgan fingerprint density at radius 3 is 2.74 bits per heavy atom. The minimum absolute atomic E-state index is 0.0276. The van der Waals surface area contributed by atoms with Crippen LogP contribution in [-0.2, 0) is 16.1 Å². The fourth-order valence-electron chi connectivity index (χ4n) is 3.38. The minimum atomic E-state index is -0.208. The summed E-state index contributed by atoms with van der Waals surface area (Å²) in [5, 5.41) is 8.70. The molecule has 3 aromatic rings. The Balaban J connectivity index is 1.40. The Morgan fingerprint density at radius 1 is 1.26 bits per heavy atom. The Morgan fingerprint density at radius 2 is 2.04 bits per heavy atom. The number of esters is 1. The van der Waals surface area contributed by atoms with Gasteiger partial charge in [0, 0.05) is 24.9 Å². The molecule has 0 aromatic carbocycles. The predicted molar refractivity (Wildman–Crippen MR) is 101 cm³/mol. The summed E-state index contributed by atoms with van der Waals surface area (Å²) in [4.78, 5) is 25.8. The highest BCUT2D eigenvalue weighted by atomic mass is 32.1. The maximum atomic E-state index is 12.3. The van der Waals surface area contributed by atoms with Gasteiger partial charge in [-0.15, -0.1) is 21.5 Å². The summed E-state index contributed by atoms with van der Waals surface area (Å²) in [5.74, 6) is 1.43. The number of ether oxygens (including phenoxy) is 1. The molecule has 1 aliphatic rings. The highest BCUT2D eigenvalue weighted by Gasteiger charge is 2.28. The van der Waals surface area contributed by atoms with Crippen molar-refractivity contribution in [2.24, 2.45) is 5.92 Å². The van der Waals surface area contributed by atoms with E-state index in [2.05, 4.69) is 38.9 Å². The number of carbonyl (C=O) groups excluding carboxylic acids is 1. The second-order valence-corrected chi connectivity index (χ2v) is 7.95. The normalized spacial score (nSPS) is 15.4. The Kier molecular flexibility index (Phi) is 4.77. The quantitative estimate of drug-likeness (QED) is 0.631. The summed E-state index contributed by atoms with van der Waals surface area (Å²) in [6.45, 7) is 7.48. The first-order chi connectivity index (χ1) is 13.0. The molecule has 0 spiro atoms. The van der Waals surface area contributed by atoms with E-state index in [1.165, 1.54) is 10.4 Å². The predicted octanol–water partition coefficient (Wildman–Crippen LogP) is 2.96. The standard InChI is InChI=1S/C18H21N5O3S/c1-10-11(2)27-17-15(10)16(19-9-20-17)23-6-4-13(5-7-23)18(24)25-8-14-22-21-12(3)26-14/h9,13H,4-8H2,1-3H3. The van der Waals surface area contributed by atoms with Crippen molar-refractivity contribution < 1.29 is 13.9 Å². The Hall–Kier alpha value is -2.55. The van der Waals surface area contributed by atoms with E-state index >= 15 is 0 Å². The van der Waals surface area contributed by atoms with Crippen molar-refractivity contribution in [2.45, 2.75) is 40.2 Å². The molecule has 1 fully saturated rings. The molecule has 142 valence electrons. The van der Waals surface area contributed by atoms with Gasteiger partial charge in [-0.2, -0.15) is 0 Å². The van der Waals surface area contributed by atoms with Crippen LogP contribution in [0.15, 0.2) is 10.7 Å². The summed E-state index contributed by atoms with van der Waals surface area (Å²) in [6, 6.07) is 0. The Bertz CT molecular complexity index is 975. The number of anilines is 1. The monoisotopic (exact) mass is 387 g/mol. The number of rotatable bonds is 4. The average molecular weight is 387 g/mol. The minimum Gasteiger partial charge on any atom is -0.455 e. The second-order valence-electron chi connectivity index (χ2n) is 6.74. The van der Waals surface area contributed by atoms with E-state index in [1.54, 1.807) is 24.6 Å². The van der Waals surface area contributed by atoms with E-state index < -0.39 is 0 Å². The lowest BCUT2D eigenvalue weighted by Gasteiger charge is -2.32. The maximum absolute atomic E-state index is 12.3. The lowest BCUT2D eigenvalue weighted by atomic mass is 9.97. The molecule has 0 radical (unpaired) electrons. The van der Waals surface area contributed by atoms with E-state index in [0.29, 0.717) is 11.8 Å². The van der Waals surface area contributed by atoms with Gasteiger partial charge in [0.1, 0.15) is 17.0 Å². The van der Waals surface area contributed by atoms with Crippen LogP contribution in [-0.4, -0.2) is 39.2 Å².